The van der Waals surface area contributed by atoms with Gasteiger partial charge in [0, 0.05) is 39.2 Å². The Morgan fingerprint density at radius 1 is 1.26 bits per heavy atom. The van der Waals surface area contributed by atoms with Gasteiger partial charge in [-0.3, -0.25) is 0 Å². The van der Waals surface area contributed by atoms with Crippen molar-refractivity contribution >= 4 is 11.6 Å². The van der Waals surface area contributed by atoms with E-state index in [9.17, 15) is 0 Å². The van der Waals surface area contributed by atoms with E-state index in [1.807, 2.05) is 7.05 Å². The van der Waals surface area contributed by atoms with Crippen LogP contribution < -0.4 is 10.2 Å². The van der Waals surface area contributed by atoms with Gasteiger partial charge in [0.2, 0.25) is 0 Å². The molecule has 0 bridgehead atoms. The Morgan fingerprint density at radius 3 is 2.58 bits per heavy atom. The fourth-order valence-corrected chi connectivity index (χ4v) is 1.83. The van der Waals surface area contributed by atoms with Gasteiger partial charge in [-0.25, -0.2) is 9.97 Å². The summed E-state index contributed by atoms with van der Waals surface area (Å²) in [6, 6.07) is 0. The van der Waals surface area contributed by atoms with Crippen LogP contribution in [0.2, 0.25) is 0 Å². The van der Waals surface area contributed by atoms with Crippen molar-refractivity contribution in [3.8, 4) is 0 Å². The summed E-state index contributed by atoms with van der Waals surface area (Å²) >= 11 is 0. The van der Waals surface area contributed by atoms with Crippen LogP contribution in [0.25, 0.3) is 0 Å². The van der Waals surface area contributed by atoms with E-state index in [2.05, 4.69) is 41.0 Å². The van der Waals surface area contributed by atoms with Crippen LogP contribution in [-0.2, 0) is 11.2 Å². The van der Waals surface area contributed by atoms with Crippen LogP contribution in [0.5, 0.6) is 0 Å². The van der Waals surface area contributed by atoms with Crippen molar-refractivity contribution < 1.29 is 4.74 Å². The maximum atomic E-state index is 5.12. The summed E-state index contributed by atoms with van der Waals surface area (Å²) in [4.78, 5) is 11.3. The first-order chi connectivity index (χ1) is 9.13. The summed E-state index contributed by atoms with van der Waals surface area (Å²) < 4.78 is 5.12. The molecule has 1 heterocycles. The number of likely N-dealkylation sites (N-methyl/N-ethyl adjacent to an activating group) is 1. The molecule has 1 aromatic heterocycles. The van der Waals surface area contributed by atoms with Crippen molar-refractivity contribution in [2.24, 2.45) is 0 Å². The summed E-state index contributed by atoms with van der Waals surface area (Å²) in [6.07, 6.45) is 1.92. The van der Waals surface area contributed by atoms with E-state index < -0.39 is 0 Å². The SMILES string of the molecule is CCCNc1nc(CC)nc(N(C)CCOC)c1C. The van der Waals surface area contributed by atoms with E-state index in [0.717, 1.165) is 49.0 Å². The molecular weight excluding hydrogens is 240 g/mol. The molecule has 0 aliphatic heterocycles. The molecule has 0 radical (unpaired) electrons. The number of nitrogens with one attached hydrogen (secondary N) is 1. The highest BCUT2D eigenvalue weighted by Crippen LogP contribution is 2.22. The van der Waals surface area contributed by atoms with Crippen LogP contribution in [0.15, 0.2) is 0 Å². The first-order valence-corrected chi connectivity index (χ1v) is 6.95. The first kappa shape index (κ1) is 15.7. The van der Waals surface area contributed by atoms with Gasteiger partial charge in [-0.15, -0.1) is 0 Å². The van der Waals surface area contributed by atoms with E-state index in [0.29, 0.717) is 6.61 Å². The molecule has 5 heteroatoms. The molecule has 0 amide bonds. The van der Waals surface area contributed by atoms with Gasteiger partial charge in [-0.2, -0.15) is 0 Å². The Kier molecular flexibility index (Phi) is 6.56. The van der Waals surface area contributed by atoms with Gasteiger partial charge >= 0.3 is 0 Å². The third kappa shape index (κ3) is 4.35. The normalized spacial score (nSPS) is 10.6. The Bertz CT molecular complexity index is 395. The Hall–Kier alpha value is -1.36. The number of ether oxygens (including phenoxy) is 1. The topological polar surface area (TPSA) is 50.3 Å². The van der Waals surface area contributed by atoms with E-state index in [4.69, 9.17) is 4.74 Å². The molecule has 0 aliphatic rings. The fraction of sp³-hybridized carbons (Fsp3) is 0.714. The van der Waals surface area contributed by atoms with Crippen LogP contribution in [0, 0.1) is 6.92 Å². The second kappa shape index (κ2) is 7.94. The van der Waals surface area contributed by atoms with E-state index in [-0.39, 0.29) is 0 Å². The van der Waals surface area contributed by atoms with Gasteiger partial charge < -0.3 is 15.0 Å². The van der Waals surface area contributed by atoms with Crippen LogP contribution in [-0.4, -0.2) is 43.8 Å². The highest BCUT2D eigenvalue weighted by atomic mass is 16.5. The van der Waals surface area contributed by atoms with Gasteiger partial charge in [-0.1, -0.05) is 13.8 Å². The molecule has 0 saturated heterocycles. The Balaban J connectivity index is 3.00. The van der Waals surface area contributed by atoms with Gasteiger partial charge in [0.15, 0.2) is 0 Å². The zero-order chi connectivity index (χ0) is 14.3. The number of hydrogen-bond donors (Lipinski definition) is 1. The Labute approximate surface area is 116 Å². The minimum absolute atomic E-state index is 0.694. The van der Waals surface area contributed by atoms with Crippen LogP contribution >= 0.6 is 0 Å². The minimum atomic E-state index is 0.694. The van der Waals surface area contributed by atoms with Crippen molar-refractivity contribution in [1.29, 1.82) is 0 Å². The number of rotatable bonds is 8. The fourth-order valence-electron chi connectivity index (χ4n) is 1.83. The van der Waals surface area contributed by atoms with Crippen LogP contribution in [0.3, 0.4) is 0 Å². The van der Waals surface area contributed by atoms with Crippen molar-refractivity contribution in [2.75, 3.05) is 44.1 Å². The lowest BCUT2D eigenvalue weighted by Gasteiger charge is -2.22. The van der Waals surface area contributed by atoms with Gasteiger partial charge in [0.25, 0.3) is 0 Å². The molecule has 0 atom stereocenters. The number of nitrogens with zero attached hydrogens (tertiary/aromatic N) is 3. The van der Waals surface area contributed by atoms with Crippen LogP contribution in [0.4, 0.5) is 11.6 Å². The predicted molar refractivity (Wildman–Crippen MR) is 80.1 cm³/mol. The molecule has 0 aromatic carbocycles. The highest BCUT2D eigenvalue weighted by Gasteiger charge is 2.13. The van der Waals surface area contributed by atoms with Crippen molar-refractivity contribution in [1.82, 2.24) is 9.97 Å². The maximum absolute atomic E-state index is 5.12. The summed E-state index contributed by atoms with van der Waals surface area (Å²) in [5.41, 5.74) is 1.10. The average Bonchev–Trinajstić information content (AvgIpc) is 2.43. The third-order valence-electron chi connectivity index (χ3n) is 3.02. The standard InChI is InChI=1S/C14H26N4O/c1-6-8-15-13-11(3)14(17-12(7-2)16-13)18(4)9-10-19-5/h6-10H2,1-5H3,(H,15,16,17). The lowest BCUT2D eigenvalue weighted by atomic mass is 10.2. The Morgan fingerprint density at radius 2 is 2.00 bits per heavy atom. The van der Waals surface area contributed by atoms with Crippen molar-refractivity contribution in [3.63, 3.8) is 0 Å². The second-order valence-electron chi connectivity index (χ2n) is 4.63. The quantitative estimate of drug-likeness (QED) is 0.782. The van der Waals surface area contributed by atoms with Crippen molar-refractivity contribution in [3.05, 3.63) is 11.4 Å². The lowest BCUT2D eigenvalue weighted by molar-refractivity contribution is 0.206. The molecule has 0 aliphatic carbocycles. The zero-order valence-corrected chi connectivity index (χ0v) is 12.8. The molecule has 0 spiro atoms. The monoisotopic (exact) mass is 266 g/mol. The first-order valence-electron chi connectivity index (χ1n) is 6.95. The van der Waals surface area contributed by atoms with E-state index >= 15 is 0 Å². The molecule has 5 nitrogen and oxygen atoms in total. The number of anilines is 2. The number of aryl methyl sites for hydroxylation is 1. The number of hydrogen-bond acceptors (Lipinski definition) is 5. The average molecular weight is 266 g/mol. The summed E-state index contributed by atoms with van der Waals surface area (Å²) in [5.74, 6) is 2.82. The molecule has 0 saturated carbocycles. The molecule has 1 aromatic rings. The summed E-state index contributed by atoms with van der Waals surface area (Å²) in [7, 11) is 3.75. The highest BCUT2D eigenvalue weighted by molar-refractivity contribution is 5.58. The molecule has 108 valence electrons. The molecule has 0 unspecified atom stereocenters. The molecular formula is C14H26N4O. The molecule has 1 rings (SSSR count). The smallest absolute Gasteiger partial charge is 0.137 e. The van der Waals surface area contributed by atoms with Gasteiger partial charge in [0.05, 0.1) is 6.61 Å². The lowest BCUT2D eigenvalue weighted by Crippen LogP contribution is -2.25. The largest absolute Gasteiger partial charge is 0.383 e. The minimum Gasteiger partial charge on any atom is -0.383 e. The van der Waals surface area contributed by atoms with Gasteiger partial charge in [0.1, 0.15) is 17.5 Å². The number of methoxy groups -OCH3 is 1. The van der Waals surface area contributed by atoms with Gasteiger partial charge in [-0.05, 0) is 13.3 Å². The summed E-state index contributed by atoms with van der Waals surface area (Å²) in [6.45, 7) is 8.74. The van der Waals surface area contributed by atoms with E-state index in [1.165, 1.54) is 0 Å². The van der Waals surface area contributed by atoms with Crippen molar-refractivity contribution in [2.45, 2.75) is 33.6 Å². The molecule has 19 heavy (non-hydrogen) atoms. The van der Waals surface area contributed by atoms with E-state index in [1.54, 1.807) is 7.11 Å². The third-order valence-corrected chi connectivity index (χ3v) is 3.02. The summed E-state index contributed by atoms with van der Waals surface area (Å²) in [5, 5.41) is 3.38. The number of aromatic nitrogens is 2. The molecule has 0 fully saturated rings. The van der Waals surface area contributed by atoms with Crippen LogP contribution in [0.1, 0.15) is 31.7 Å². The predicted octanol–water partition coefficient (Wildman–Crippen LogP) is 2.25. The zero-order valence-electron chi connectivity index (χ0n) is 12.8. The maximum Gasteiger partial charge on any atom is 0.137 e. The molecule has 1 N–H and O–H groups in total. The second-order valence-corrected chi connectivity index (χ2v) is 4.63.